The lowest BCUT2D eigenvalue weighted by Crippen LogP contribution is -1.97. The van der Waals surface area contributed by atoms with Crippen molar-refractivity contribution in [3.8, 4) is 45.5 Å². The van der Waals surface area contributed by atoms with Crippen LogP contribution in [0.2, 0.25) is 0 Å². The Morgan fingerprint density at radius 2 is 1.14 bits per heavy atom. The van der Waals surface area contributed by atoms with E-state index in [1.807, 2.05) is 42.5 Å². The summed E-state index contributed by atoms with van der Waals surface area (Å²) in [6, 6.07) is 61.5. The highest BCUT2D eigenvalue weighted by molar-refractivity contribution is 6.23. The first-order chi connectivity index (χ1) is 25.2. The molecule has 0 bridgehead atoms. The summed E-state index contributed by atoms with van der Waals surface area (Å²) in [7, 11) is 0. The molecule has 0 aliphatic heterocycles. The van der Waals surface area contributed by atoms with Gasteiger partial charge in [-0.15, -0.1) is 0 Å². The van der Waals surface area contributed by atoms with Crippen molar-refractivity contribution in [2.45, 2.75) is 0 Å². The van der Waals surface area contributed by atoms with Gasteiger partial charge in [-0.25, -0.2) is 9.97 Å². The van der Waals surface area contributed by atoms with Gasteiger partial charge in [-0.05, 0) is 99.4 Å². The first-order valence-corrected chi connectivity index (χ1v) is 17.1. The van der Waals surface area contributed by atoms with Crippen molar-refractivity contribution in [1.82, 2.24) is 14.5 Å². The first kappa shape index (κ1) is 28.9. The second kappa shape index (κ2) is 11.5. The van der Waals surface area contributed by atoms with Crippen LogP contribution in [0.4, 0.5) is 0 Å². The fraction of sp³-hybridized carbons (Fsp3) is 0. The largest absolute Gasteiger partial charge is 0.309 e. The van der Waals surface area contributed by atoms with Crippen molar-refractivity contribution < 1.29 is 0 Å². The van der Waals surface area contributed by atoms with E-state index in [0.717, 1.165) is 44.5 Å². The van der Waals surface area contributed by atoms with E-state index in [4.69, 9.17) is 9.97 Å². The average molecular weight is 649 g/mol. The molecule has 8 aromatic carbocycles. The minimum atomic E-state index is 0.642. The third-order valence-corrected chi connectivity index (χ3v) is 10.00. The summed E-state index contributed by atoms with van der Waals surface area (Å²) < 4.78 is 2.38. The average Bonchev–Trinajstić information content (AvgIpc) is 3.53. The van der Waals surface area contributed by atoms with Crippen LogP contribution in [0.5, 0.6) is 0 Å². The van der Waals surface area contributed by atoms with Gasteiger partial charge in [0.1, 0.15) is 0 Å². The van der Waals surface area contributed by atoms with Crippen LogP contribution in [0, 0.1) is 11.3 Å². The van der Waals surface area contributed by atoms with Gasteiger partial charge in [-0.2, -0.15) is 5.26 Å². The van der Waals surface area contributed by atoms with Gasteiger partial charge in [-0.3, -0.25) is 0 Å². The Hall–Kier alpha value is -7.09. The van der Waals surface area contributed by atoms with Crippen molar-refractivity contribution >= 4 is 54.3 Å². The molecule has 0 aliphatic carbocycles. The van der Waals surface area contributed by atoms with Gasteiger partial charge in [0.2, 0.25) is 0 Å². The van der Waals surface area contributed by atoms with Crippen molar-refractivity contribution in [2.75, 3.05) is 0 Å². The van der Waals surface area contributed by atoms with Crippen LogP contribution < -0.4 is 0 Å². The second-order valence-corrected chi connectivity index (χ2v) is 13.0. The summed E-state index contributed by atoms with van der Waals surface area (Å²) in [5, 5.41) is 17.7. The lowest BCUT2D eigenvalue weighted by Gasteiger charge is -2.12. The Labute approximate surface area is 294 Å². The van der Waals surface area contributed by atoms with Crippen molar-refractivity contribution in [3.63, 3.8) is 0 Å². The molecule has 10 rings (SSSR count). The molecule has 0 fully saturated rings. The topological polar surface area (TPSA) is 54.5 Å². The van der Waals surface area contributed by atoms with Gasteiger partial charge < -0.3 is 4.57 Å². The third-order valence-electron chi connectivity index (χ3n) is 10.00. The van der Waals surface area contributed by atoms with E-state index in [1.165, 1.54) is 43.4 Å². The Kier molecular flexibility index (Phi) is 6.52. The van der Waals surface area contributed by atoms with E-state index < -0.39 is 0 Å². The molecule has 2 heterocycles. The van der Waals surface area contributed by atoms with Crippen molar-refractivity contribution in [1.29, 1.82) is 5.26 Å². The molecule has 236 valence electrons. The van der Waals surface area contributed by atoms with Crippen LogP contribution in [0.1, 0.15) is 5.56 Å². The minimum absolute atomic E-state index is 0.642. The van der Waals surface area contributed by atoms with Crippen molar-refractivity contribution in [2.24, 2.45) is 0 Å². The summed E-state index contributed by atoms with van der Waals surface area (Å²) in [5.74, 6) is 0.679. The molecule has 0 atom stereocenters. The fourth-order valence-electron chi connectivity index (χ4n) is 7.50. The molecular weight excluding hydrogens is 621 g/mol. The molecule has 0 spiro atoms. The Bertz CT molecular complexity index is 3010. The number of hydrogen-bond acceptors (Lipinski definition) is 3. The molecule has 10 aromatic rings. The molecule has 0 unspecified atom stereocenters. The van der Waals surface area contributed by atoms with Crippen LogP contribution in [0.3, 0.4) is 0 Å². The molecular formula is C47H28N4. The number of fused-ring (bicyclic) bond motifs is 7. The Balaban J connectivity index is 1.13. The monoisotopic (exact) mass is 648 g/mol. The number of nitriles is 1. The van der Waals surface area contributed by atoms with Gasteiger partial charge >= 0.3 is 0 Å². The van der Waals surface area contributed by atoms with E-state index in [2.05, 4.69) is 138 Å². The van der Waals surface area contributed by atoms with Crippen LogP contribution in [0.25, 0.3) is 93.7 Å². The maximum absolute atomic E-state index is 9.27. The van der Waals surface area contributed by atoms with Gasteiger partial charge in [0.25, 0.3) is 0 Å². The SMILES string of the molecule is N#Cc1ccc(-c2ccc3nc(-c4ccc(-n5c6cc7ccccc7cc6c6c7ccccc7ccc65)cc4)nc(-c4ccccc4)c3c2)cc1. The molecule has 0 radical (unpaired) electrons. The molecule has 4 heteroatoms. The zero-order valence-corrected chi connectivity index (χ0v) is 27.5. The number of hydrogen-bond donors (Lipinski definition) is 0. The quantitative estimate of drug-likeness (QED) is 0.191. The van der Waals surface area contributed by atoms with Crippen LogP contribution >= 0.6 is 0 Å². The number of rotatable bonds is 4. The van der Waals surface area contributed by atoms with Gasteiger partial charge in [0.15, 0.2) is 5.82 Å². The lowest BCUT2D eigenvalue weighted by atomic mass is 9.99. The summed E-state index contributed by atoms with van der Waals surface area (Å²) in [6.07, 6.45) is 0. The first-order valence-electron chi connectivity index (χ1n) is 17.1. The van der Waals surface area contributed by atoms with Gasteiger partial charge in [0, 0.05) is 33.0 Å². The molecule has 0 N–H and O–H groups in total. The number of nitrogens with zero attached hydrogens (tertiary/aromatic N) is 4. The zero-order valence-electron chi connectivity index (χ0n) is 27.5. The van der Waals surface area contributed by atoms with E-state index in [1.54, 1.807) is 0 Å². The van der Waals surface area contributed by atoms with Crippen LogP contribution in [-0.2, 0) is 0 Å². The minimum Gasteiger partial charge on any atom is -0.309 e. The Morgan fingerprint density at radius 3 is 1.92 bits per heavy atom. The highest BCUT2D eigenvalue weighted by Crippen LogP contribution is 2.39. The summed E-state index contributed by atoms with van der Waals surface area (Å²) in [5.41, 5.74) is 9.92. The lowest BCUT2D eigenvalue weighted by molar-refractivity contribution is 1.18. The highest BCUT2D eigenvalue weighted by atomic mass is 15.0. The third kappa shape index (κ3) is 4.75. The molecule has 0 saturated carbocycles. The summed E-state index contributed by atoms with van der Waals surface area (Å²) in [6.45, 7) is 0. The molecule has 2 aromatic heterocycles. The predicted octanol–water partition coefficient (Wildman–Crippen LogP) is 11.9. The standard InChI is InChI=1S/C47H28N4/c48-29-30-14-16-31(17-15-30)37-20-24-42-40(26-37)46(33-9-2-1-3-10-33)50-47(49-42)34-18-22-38(23-19-34)51-43-25-21-32-8-6-7-13-39(32)45(43)41-27-35-11-4-5-12-36(35)28-44(41)51/h1-28H. The summed E-state index contributed by atoms with van der Waals surface area (Å²) >= 11 is 0. The highest BCUT2D eigenvalue weighted by Gasteiger charge is 2.17. The van der Waals surface area contributed by atoms with Gasteiger partial charge in [0.05, 0.1) is 33.9 Å². The maximum atomic E-state index is 9.27. The smallest absolute Gasteiger partial charge is 0.160 e. The maximum Gasteiger partial charge on any atom is 0.160 e. The zero-order chi connectivity index (χ0) is 33.9. The summed E-state index contributed by atoms with van der Waals surface area (Å²) in [4.78, 5) is 10.3. The van der Waals surface area contributed by atoms with Crippen LogP contribution in [-0.4, -0.2) is 14.5 Å². The van der Waals surface area contributed by atoms with Gasteiger partial charge in [-0.1, -0.05) is 103 Å². The molecule has 0 aliphatic rings. The van der Waals surface area contributed by atoms with Crippen molar-refractivity contribution in [3.05, 3.63) is 175 Å². The number of aromatic nitrogens is 3. The molecule has 0 saturated heterocycles. The van der Waals surface area contributed by atoms with E-state index >= 15 is 0 Å². The van der Waals surface area contributed by atoms with Crippen LogP contribution in [0.15, 0.2) is 170 Å². The Morgan fingerprint density at radius 1 is 0.451 bits per heavy atom. The normalized spacial score (nSPS) is 11.5. The second-order valence-electron chi connectivity index (χ2n) is 13.0. The molecule has 4 nitrogen and oxygen atoms in total. The van der Waals surface area contributed by atoms with E-state index in [-0.39, 0.29) is 0 Å². The molecule has 51 heavy (non-hydrogen) atoms. The predicted molar refractivity (Wildman–Crippen MR) is 210 cm³/mol. The number of benzene rings is 8. The fourth-order valence-corrected chi connectivity index (χ4v) is 7.50. The van der Waals surface area contributed by atoms with E-state index in [9.17, 15) is 5.26 Å². The molecule has 0 amide bonds. The van der Waals surface area contributed by atoms with E-state index in [0.29, 0.717) is 11.4 Å².